The highest BCUT2D eigenvalue weighted by Gasteiger charge is 2.27. The largest absolute Gasteiger partial charge is 0.303 e. The van der Waals surface area contributed by atoms with Crippen LogP contribution in [0.25, 0.3) is 0 Å². The third-order valence-electron chi connectivity index (χ3n) is 3.70. The molecule has 0 aromatic heterocycles. The number of benzene rings is 1. The van der Waals surface area contributed by atoms with Crippen molar-refractivity contribution in [2.75, 3.05) is 0 Å². The SMILES string of the molecule is CC(C(=O)NNC1=CC(=O)CC(C)(C)C1)c1ccccc1. The average Bonchev–Trinajstić information content (AvgIpc) is 2.43. The molecule has 21 heavy (non-hydrogen) atoms. The number of amides is 1. The Labute approximate surface area is 125 Å². The molecule has 0 radical (unpaired) electrons. The number of carbonyl (C=O) groups is 2. The first-order valence-electron chi connectivity index (χ1n) is 7.22. The van der Waals surface area contributed by atoms with Gasteiger partial charge in [0.1, 0.15) is 0 Å². The molecule has 1 unspecified atom stereocenters. The molecule has 0 bridgehead atoms. The summed E-state index contributed by atoms with van der Waals surface area (Å²) in [7, 11) is 0. The summed E-state index contributed by atoms with van der Waals surface area (Å²) in [5.74, 6) is -0.261. The predicted molar refractivity (Wildman–Crippen MR) is 82.2 cm³/mol. The lowest BCUT2D eigenvalue weighted by molar-refractivity contribution is -0.123. The van der Waals surface area contributed by atoms with Crippen molar-refractivity contribution in [1.82, 2.24) is 10.9 Å². The van der Waals surface area contributed by atoms with E-state index in [0.717, 1.165) is 17.7 Å². The fourth-order valence-electron chi connectivity index (χ4n) is 2.57. The van der Waals surface area contributed by atoms with E-state index in [1.165, 1.54) is 0 Å². The summed E-state index contributed by atoms with van der Waals surface area (Å²) in [6, 6.07) is 9.61. The fourth-order valence-corrected chi connectivity index (χ4v) is 2.57. The van der Waals surface area contributed by atoms with Crippen molar-refractivity contribution in [3.63, 3.8) is 0 Å². The van der Waals surface area contributed by atoms with Gasteiger partial charge in [0.25, 0.3) is 0 Å². The van der Waals surface area contributed by atoms with Gasteiger partial charge in [-0.05, 0) is 24.3 Å². The van der Waals surface area contributed by atoms with Gasteiger partial charge in [0, 0.05) is 18.2 Å². The van der Waals surface area contributed by atoms with Crippen LogP contribution in [-0.4, -0.2) is 11.7 Å². The highest BCUT2D eigenvalue weighted by molar-refractivity contribution is 5.91. The first-order valence-corrected chi connectivity index (χ1v) is 7.22. The molecular weight excluding hydrogens is 264 g/mol. The summed E-state index contributed by atoms with van der Waals surface area (Å²) >= 11 is 0. The van der Waals surface area contributed by atoms with E-state index < -0.39 is 0 Å². The van der Waals surface area contributed by atoms with Crippen molar-refractivity contribution in [3.05, 3.63) is 47.7 Å². The van der Waals surface area contributed by atoms with Crippen molar-refractivity contribution >= 4 is 11.7 Å². The molecule has 0 saturated heterocycles. The number of hydrogen-bond donors (Lipinski definition) is 2. The average molecular weight is 286 g/mol. The minimum atomic E-state index is -0.244. The zero-order valence-electron chi connectivity index (χ0n) is 12.8. The maximum Gasteiger partial charge on any atom is 0.245 e. The lowest BCUT2D eigenvalue weighted by atomic mass is 9.79. The van der Waals surface area contributed by atoms with Gasteiger partial charge in [-0.25, -0.2) is 0 Å². The molecule has 0 heterocycles. The summed E-state index contributed by atoms with van der Waals surface area (Å²) in [5, 5.41) is 0. The fraction of sp³-hybridized carbons (Fsp3) is 0.412. The Balaban J connectivity index is 1.94. The van der Waals surface area contributed by atoms with Crippen LogP contribution in [-0.2, 0) is 9.59 Å². The Bertz CT molecular complexity index is 561. The Hall–Kier alpha value is -2.10. The van der Waals surface area contributed by atoms with Gasteiger partial charge >= 0.3 is 0 Å². The van der Waals surface area contributed by atoms with Crippen LogP contribution in [0.1, 0.15) is 45.1 Å². The predicted octanol–water partition coefficient (Wildman–Crippen LogP) is 2.68. The maximum absolute atomic E-state index is 12.1. The molecule has 0 aliphatic heterocycles. The molecule has 1 aliphatic rings. The minimum Gasteiger partial charge on any atom is -0.303 e. The van der Waals surface area contributed by atoms with Gasteiger partial charge < -0.3 is 5.43 Å². The van der Waals surface area contributed by atoms with Gasteiger partial charge in [-0.3, -0.25) is 15.0 Å². The van der Waals surface area contributed by atoms with E-state index in [1.807, 2.05) is 51.1 Å². The Morgan fingerprint density at radius 1 is 1.19 bits per heavy atom. The molecular formula is C17H22N2O2. The van der Waals surface area contributed by atoms with Crippen LogP contribution in [0.5, 0.6) is 0 Å². The number of hydrogen-bond acceptors (Lipinski definition) is 3. The molecule has 112 valence electrons. The van der Waals surface area contributed by atoms with Crippen LogP contribution >= 0.6 is 0 Å². The Morgan fingerprint density at radius 3 is 2.48 bits per heavy atom. The highest BCUT2D eigenvalue weighted by atomic mass is 16.2. The zero-order valence-corrected chi connectivity index (χ0v) is 12.8. The molecule has 0 spiro atoms. The monoisotopic (exact) mass is 286 g/mol. The molecule has 0 saturated carbocycles. The highest BCUT2D eigenvalue weighted by Crippen LogP contribution is 2.32. The first-order chi connectivity index (χ1) is 9.87. The molecule has 4 heteroatoms. The number of nitrogens with one attached hydrogen (secondary N) is 2. The summed E-state index contributed by atoms with van der Waals surface area (Å²) in [5.41, 5.74) is 7.26. The van der Waals surface area contributed by atoms with Gasteiger partial charge in [0.2, 0.25) is 5.91 Å². The molecule has 1 amide bonds. The van der Waals surface area contributed by atoms with Gasteiger partial charge in [-0.2, -0.15) is 0 Å². The van der Waals surface area contributed by atoms with Crippen molar-refractivity contribution < 1.29 is 9.59 Å². The lowest BCUT2D eigenvalue weighted by Crippen LogP contribution is -2.41. The Morgan fingerprint density at radius 2 is 1.86 bits per heavy atom. The summed E-state index contributed by atoms with van der Waals surface area (Å²) in [6.07, 6.45) is 2.88. The maximum atomic E-state index is 12.1. The van der Waals surface area contributed by atoms with Crippen molar-refractivity contribution in [2.45, 2.75) is 39.5 Å². The van der Waals surface area contributed by atoms with Gasteiger partial charge in [0.05, 0.1) is 5.92 Å². The van der Waals surface area contributed by atoms with Crippen LogP contribution in [0.3, 0.4) is 0 Å². The number of carbonyl (C=O) groups excluding carboxylic acids is 2. The van der Waals surface area contributed by atoms with Crippen LogP contribution in [0.15, 0.2) is 42.1 Å². The quantitative estimate of drug-likeness (QED) is 0.837. The van der Waals surface area contributed by atoms with Gasteiger partial charge in [-0.1, -0.05) is 44.2 Å². The Kier molecular flexibility index (Phi) is 4.46. The summed E-state index contributed by atoms with van der Waals surface area (Å²) in [4.78, 5) is 23.8. The van der Waals surface area contributed by atoms with Crippen LogP contribution in [0.4, 0.5) is 0 Å². The molecule has 1 aromatic carbocycles. The molecule has 2 rings (SSSR count). The first kappa shape index (κ1) is 15.3. The van der Waals surface area contributed by atoms with Crippen molar-refractivity contribution in [3.8, 4) is 0 Å². The molecule has 0 fully saturated rings. The number of rotatable bonds is 4. The van der Waals surface area contributed by atoms with E-state index in [0.29, 0.717) is 6.42 Å². The van der Waals surface area contributed by atoms with Crippen LogP contribution in [0.2, 0.25) is 0 Å². The van der Waals surface area contributed by atoms with Crippen LogP contribution in [0, 0.1) is 5.41 Å². The second-order valence-electron chi connectivity index (χ2n) is 6.40. The van der Waals surface area contributed by atoms with Crippen LogP contribution < -0.4 is 10.9 Å². The van der Waals surface area contributed by atoms with E-state index in [4.69, 9.17) is 0 Å². The molecule has 1 aromatic rings. The van der Waals surface area contributed by atoms with Crippen molar-refractivity contribution in [2.24, 2.45) is 5.41 Å². The third kappa shape index (κ3) is 4.18. The minimum absolute atomic E-state index is 0.0655. The third-order valence-corrected chi connectivity index (χ3v) is 3.70. The number of allylic oxidation sites excluding steroid dienone is 2. The van der Waals surface area contributed by atoms with E-state index in [1.54, 1.807) is 6.08 Å². The second kappa shape index (κ2) is 6.12. The van der Waals surface area contributed by atoms with E-state index in [2.05, 4.69) is 10.9 Å². The molecule has 1 aliphatic carbocycles. The summed E-state index contributed by atoms with van der Waals surface area (Å²) < 4.78 is 0. The smallest absolute Gasteiger partial charge is 0.245 e. The number of ketones is 1. The van der Waals surface area contributed by atoms with Crippen molar-refractivity contribution in [1.29, 1.82) is 0 Å². The molecule has 2 N–H and O–H groups in total. The number of hydrazine groups is 1. The van der Waals surface area contributed by atoms with Gasteiger partial charge in [0.15, 0.2) is 5.78 Å². The standard InChI is InChI=1S/C17H22N2O2/c1-12(13-7-5-4-6-8-13)16(21)19-18-14-9-15(20)11-17(2,3)10-14/h4-9,12,18H,10-11H2,1-3H3,(H,19,21). The molecule has 4 nitrogen and oxygen atoms in total. The topological polar surface area (TPSA) is 58.2 Å². The van der Waals surface area contributed by atoms with E-state index in [-0.39, 0.29) is 23.0 Å². The zero-order chi connectivity index (χ0) is 15.5. The molecule has 1 atom stereocenters. The van der Waals surface area contributed by atoms with E-state index >= 15 is 0 Å². The normalized spacial score (nSPS) is 18.6. The van der Waals surface area contributed by atoms with Gasteiger partial charge in [-0.15, -0.1) is 0 Å². The van der Waals surface area contributed by atoms with E-state index in [9.17, 15) is 9.59 Å². The lowest BCUT2D eigenvalue weighted by Gasteiger charge is -2.29. The second-order valence-corrected chi connectivity index (χ2v) is 6.40. The summed E-state index contributed by atoms with van der Waals surface area (Å²) in [6.45, 7) is 5.96.